The first-order chi connectivity index (χ1) is 12.8. The van der Waals surface area contributed by atoms with Crippen LogP contribution in [0.5, 0.6) is 0 Å². The second-order valence-corrected chi connectivity index (χ2v) is 6.57. The lowest BCUT2D eigenvalue weighted by Crippen LogP contribution is -2.36. The van der Waals surface area contributed by atoms with Crippen LogP contribution in [0.3, 0.4) is 0 Å². The lowest BCUT2D eigenvalue weighted by molar-refractivity contribution is -0.385. The summed E-state index contributed by atoms with van der Waals surface area (Å²) in [7, 11) is 0. The first-order valence-electron chi connectivity index (χ1n) is 8.49. The Bertz CT molecular complexity index is 880. The van der Waals surface area contributed by atoms with E-state index in [0.717, 1.165) is 36.4 Å². The molecule has 1 aliphatic heterocycles. The van der Waals surface area contributed by atoms with Gasteiger partial charge in [0.2, 0.25) is 0 Å². The smallest absolute Gasteiger partial charge is 0.274 e. The number of carbonyl (C=O) groups is 1. The van der Waals surface area contributed by atoms with Gasteiger partial charge in [-0.05, 0) is 56.3 Å². The molecule has 3 rings (SSSR count). The van der Waals surface area contributed by atoms with Crippen LogP contribution in [0.1, 0.15) is 28.8 Å². The standard InChI is InChI=1S/C19H17F3N2O3/c20-14-2-4-18(24(26)27)13(9-14)11-23-7-5-12(6-8-23)19(25)16-10-15(21)1-3-17(16)22/h1-4,9-10,12H,5-8,11H2. The molecule has 0 aliphatic carbocycles. The molecule has 142 valence electrons. The summed E-state index contributed by atoms with van der Waals surface area (Å²) in [6.45, 7) is 1.07. The summed E-state index contributed by atoms with van der Waals surface area (Å²) < 4.78 is 40.5. The maximum absolute atomic E-state index is 13.8. The van der Waals surface area contributed by atoms with Gasteiger partial charge in [0.05, 0.1) is 10.5 Å². The number of carbonyl (C=O) groups excluding carboxylic acids is 1. The molecule has 0 unspecified atom stereocenters. The molecule has 1 saturated heterocycles. The zero-order valence-electron chi connectivity index (χ0n) is 14.3. The number of nitro groups is 1. The molecule has 0 spiro atoms. The SMILES string of the molecule is O=C(c1cc(F)ccc1F)C1CCN(Cc2cc(F)ccc2[N+](=O)[O-])CC1. The van der Waals surface area contributed by atoms with E-state index >= 15 is 0 Å². The number of benzene rings is 2. The summed E-state index contributed by atoms with van der Waals surface area (Å²) in [5.74, 6) is -2.86. The predicted octanol–water partition coefficient (Wildman–Crippen LogP) is 4.11. The summed E-state index contributed by atoms with van der Waals surface area (Å²) in [6.07, 6.45) is 0.829. The Labute approximate surface area is 153 Å². The van der Waals surface area contributed by atoms with E-state index in [0.29, 0.717) is 25.9 Å². The van der Waals surface area contributed by atoms with E-state index in [2.05, 4.69) is 0 Å². The molecule has 8 heteroatoms. The number of hydrogen-bond donors (Lipinski definition) is 0. The predicted molar refractivity (Wildman–Crippen MR) is 91.7 cm³/mol. The van der Waals surface area contributed by atoms with Crippen LogP contribution >= 0.6 is 0 Å². The van der Waals surface area contributed by atoms with Crippen LogP contribution in [0.2, 0.25) is 0 Å². The summed E-state index contributed by atoms with van der Waals surface area (Å²) in [5.41, 5.74) is -0.147. The van der Waals surface area contributed by atoms with Crippen molar-refractivity contribution in [3.05, 3.63) is 75.1 Å². The van der Waals surface area contributed by atoms with Crippen LogP contribution in [0.25, 0.3) is 0 Å². The van der Waals surface area contributed by atoms with Gasteiger partial charge in [-0.15, -0.1) is 0 Å². The van der Waals surface area contributed by atoms with Gasteiger partial charge in [-0.2, -0.15) is 0 Å². The number of rotatable bonds is 5. The second-order valence-electron chi connectivity index (χ2n) is 6.57. The monoisotopic (exact) mass is 378 g/mol. The van der Waals surface area contributed by atoms with Crippen molar-refractivity contribution in [2.24, 2.45) is 5.92 Å². The third-order valence-electron chi connectivity index (χ3n) is 4.78. The van der Waals surface area contributed by atoms with Gasteiger partial charge in [0.1, 0.15) is 17.5 Å². The zero-order valence-corrected chi connectivity index (χ0v) is 14.3. The molecule has 0 atom stereocenters. The van der Waals surface area contributed by atoms with Crippen molar-refractivity contribution >= 4 is 11.5 Å². The highest BCUT2D eigenvalue weighted by Gasteiger charge is 2.28. The van der Waals surface area contributed by atoms with Crippen LogP contribution < -0.4 is 0 Å². The molecule has 0 saturated carbocycles. The Morgan fingerprint density at radius 2 is 1.70 bits per heavy atom. The highest BCUT2D eigenvalue weighted by molar-refractivity contribution is 5.98. The molecule has 27 heavy (non-hydrogen) atoms. The molecule has 0 N–H and O–H groups in total. The first kappa shape index (κ1) is 19.0. The Hall–Kier alpha value is -2.74. The third-order valence-corrected chi connectivity index (χ3v) is 4.78. The van der Waals surface area contributed by atoms with E-state index < -0.39 is 34.1 Å². The van der Waals surface area contributed by atoms with Crippen molar-refractivity contribution in [2.45, 2.75) is 19.4 Å². The van der Waals surface area contributed by atoms with Crippen LogP contribution in [-0.4, -0.2) is 28.7 Å². The van der Waals surface area contributed by atoms with Gasteiger partial charge in [0.15, 0.2) is 5.78 Å². The minimum Gasteiger partial charge on any atom is -0.299 e. The lowest BCUT2D eigenvalue weighted by Gasteiger charge is -2.31. The van der Waals surface area contributed by atoms with E-state index in [9.17, 15) is 28.1 Å². The molecule has 1 heterocycles. The highest BCUT2D eigenvalue weighted by Crippen LogP contribution is 2.27. The van der Waals surface area contributed by atoms with Crippen LogP contribution in [-0.2, 0) is 6.54 Å². The quantitative estimate of drug-likeness (QED) is 0.446. The Balaban J connectivity index is 1.66. The number of hydrogen-bond acceptors (Lipinski definition) is 4. The second kappa shape index (κ2) is 7.87. The van der Waals surface area contributed by atoms with E-state index in [1.54, 1.807) is 0 Å². The van der Waals surface area contributed by atoms with Gasteiger partial charge in [0, 0.05) is 24.1 Å². The Morgan fingerprint density at radius 1 is 1.07 bits per heavy atom. The van der Waals surface area contributed by atoms with Crippen LogP contribution in [0.15, 0.2) is 36.4 Å². The highest BCUT2D eigenvalue weighted by atomic mass is 19.1. The van der Waals surface area contributed by atoms with Gasteiger partial charge in [-0.3, -0.25) is 19.8 Å². The molecule has 0 bridgehead atoms. The Morgan fingerprint density at radius 3 is 2.37 bits per heavy atom. The van der Waals surface area contributed by atoms with Crippen LogP contribution in [0, 0.1) is 33.5 Å². The zero-order chi connectivity index (χ0) is 19.6. The minimum atomic E-state index is -0.751. The fourth-order valence-electron chi connectivity index (χ4n) is 3.36. The lowest BCUT2D eigenvalue weighted by atomic mass is 9.88. The Kier molecular flexibility index (Phi) is 5.55. The maximum Gasteiger partial charge on any atom is 0.274 e. The normalized spacial score (nSPS) is 15.7. The molecule has 2 aromatic rings. The van der Waals surface area contributed by atoms with Crippen molar-refractivity contribution in [1.82, 2.24) is 4.90 Å². The van der Waals surface area contributed by atoms with Crippen molar-refractivity contribution < 1.29 is 22.9 Å². The van der Waals surface area contributed by atoms with Crippen molar-refractivity contribution in [3.8, 4) is 0 Å². The molecule has 1 fully saturated rings. The van der Waals surface area contributed by atoms with Gasteiger partial charge < -0.3 is 0 Å². The van der Waals surface area contributed by atoms with Crippen LogP contribution in [0.4, 0.5) is 18.9 Å². The van der Waals surface area contributed by atoms with Crippen molar-refractivity contribution in [1.29, 1.82) is 0 Å². The fraction of sp³-hybridized carbons (Fsp3) is 0.316. The molecular weight excluding hydrogens is 361 g/mol. The van der Waals surface area contributed by atoms with Gasteiger partial charge >= 0.3 is 0 Å². The number of piperidine rings is 1. The number of likely N-dealkylation sites (tertiary alicyclic amines) is 1. The molecule has 5 nitrogen and oxygen atoms in total. The van der Waals surface area contributed by atoms with Gasteiger partial charge in [-0.1, -0.05) is 0 Å². The number of halogens is 3. The number of Topliss-reactive ketones (excluding diaryl/α,β-unsaturated/α-hetero) is 1. The summed E-state index contributed by atoms with van der Waals surface area (Å²) in [6, 6.07) is 6.10. The number of ketones is 1. The van der Waals surface area contributed by atoms with Crippen molar-refractivity contribution in [3.63, 3.8) is 0 Å². The summed E-state index contributed by atoms with van der Waals surface area (Å²) >= 11 is 0. The maximum atomic E-state index is 13.8. The average molecular weight is 378 g/mol. The van der Waals surface area contributed by atoms with E-state index in [1.165, 1.54) is 0 Å². The topological polar surface area (TPSA) is 63.5 Å². The summed E-state index contributed by atoms with van der Waals surface area (Å²) in [4.78, 5) is 24.9. The largest absolute Gasteiger partial charge is 0.299 e. The van der Waals surface area contributed by atoms with Gasteiger partial charge in [0.25, 0.3) is 5.69 Å². The third kappa shape index (κ3) is 4.33. The van der Waals surface area contributed by atoms with E-state index in [-0.39, 0.29) is 23.4 Å². The average Bonchev–Trinajstić information content (AvgIpc) is 2.63. The van der Waals surface area contributed by atoms with Crippen molar-refractivity contribution in [2.75, 3.05) is 13.1 Å². The number of nitro benzene ring substituents is 1. The molecule has 2 aromatic carbocycles. The van der Waals surface area contributed by atoms with Gasteiger partial charge in [-0.25, -0.2) is 13.2 Å². The molecular formula is C19H17F3N2O3. The number of nitrogens with zero attached hydrogens (tertiary/aromatic N) is 2. The van der Waals surface area contributed by atoms with E-state index in [4.69, 9.17) is 0 Å². The first-order valence-corrected chi connectivity index (χ1v) is 8.49. The molecule has 0 amide bonds. The fourth-order valence-corrected chi connectivity index (χ4v) is 3.36. The molecule has 0 radical (unpaired) electrons. The summed E-state index contributed by atoms with van der Waals surface area (Å²) in [5, 5.41) is 11.1. The van der Waals surface area contributed by atoms with E-state index in [1.807, 2.05) is 4.90 Å². The minimum absolute atomic E-state index is 0.156. The molecule has 1 aliphatic rings. The molecule has 0 aromatic heterocycles.